The molecule has 0 heterocycles. The number of carbonyl (C=O) groups excluding carboxylic acids is 1. The van der Waals surface area contributed by atoms with Gasteiger partial charge in [0, 0.05) is 19.4 Å². The standard InChI is InChI=1S/C10H17NO3/c12-9(7-8-3-1-4-8)11-6-2-5-10(13)14/h8H,1-7H2,(H,11,12)(H,13,14). The summed E-state index contributed by atoms with van der Waals surface area (Å²) in [4.78, 5) is 21.4. The summed E-state index contributed by atoms with van der Waals surface area (Å²) in [6.45, 7) is 0.484. The predicted molar refractivity (Wildman–Crippen MR) is 51.8 cm³/mol. The van der Waals surface area contributed by atoms with Gasteiger partial charge in [-0.1, -0.05) is 6.42 Å². The van der Waals surface area contributed by atoms with Crippen LogP contribution in [0.25, 0.3) is 0 Å². The Morgan fingerprint density at radius 1 is 1.36 bits per heavy atom. The molecule has 0 radical (unpaired) electrons. The molecule has 1 saturated carbocycles. The van der Waals surface area contributed by atoms with Crippen LogP contribution in [0.4, 0.5) is 0 Å². The van der Waals surface area contributed by atoms with Crippen LogP contribution in [0, 0.1) is 5.92 Å². The number of amides is 1. The SMILES string of the molecule is O=C(O)CCCNC(=O)CC1CCC1. The Morgan fingerprint density at radius 3 is 2.57 bits per heavy atom. The zero-order chi connectivity index (χ0) is 10.4. The molecule has 4 heteroatoms. The Kier molecular flexibility index (Phi) is 4.43. The van der Waals surface area contributed by atoms with Gasteiger partial charge in [0.2, 0.25) is 5.91 Å². The van der Waals surface area contributed by atoms with Crippen molar-refractivity contribution < 1.29 is 14.7 Å². The molecule has 0 aromatic heterocycles. The summed E-state index contributed by atoms with van der Waals surface area (Å²) in [6.07, 6.45) is 4.85. The lowest BCUT2D eigenvalue weighted by molar-refractivity contribution is -0.137. The van der Waals surface area contributed by atoms with Crippen LogP contribution in [-0.4, -0.2) is 23.5 Å². The van der Waals surface area contributed by atoms with Crippen LogP contribution in [0.2, 0.25) is 0 Å². The molecule has 0 aromatic carbocycles. The Morgan fingerprint density at radius 2 is 2.07 bits per heavy atom. The molecule has 0 atom stereocenters. The maximum Gasteiger partial charge on any atom is 0.303 e. The summed E-state index contributed by atoms with van der Waals surface area (Å²) in [7, 11) is 0. The minimum absolute atomic E-state index is 0.0695. The Labute approximate surface area is 83.7 Å². The Bertz CT molecular complexity index is 211. The van der Waals surface area contributed by atoms with Gasteiger partial charge in [-0.2, -0.15) is 0 Å². The molecule has 0 saturated heterocycles. The van der Waals surface area contributed by atoms with E-state index < -0.39 is 5.97 Å². The molecule has 4 nitrogen and oxygen atoms in total. The summed E-state index contributed by atoms with van der Waals surface area (Å²) < 4.78 is 0. The molecule has 0 unspecified atom stereocenters. The summed E-state index contributed by atoms with van der Waals surface area (Å²) >= 11 is 0. The number of aliphatic carboxylic acids is 1. The predicted octanol–water partition coefficient (Wildman–Crippen LogP) is 1.16. The average Bonchev–Trinajstić information content (AvgIpc) is 2.05. The van der Waals surface area contributed by atoms with E-state index in [1.165, 1.54) is 19.3 Å². The van der Waals surface area contributed by atoms with E-state index in [2.05, 4.69) is 5.32 Å². The van der Waals surface area contributed by atoms with E-state index in [1.807, 2.05) is 0 Å². The fourth-order valence-electron chi connectivity index (χ4n) is 1.50. The smallest absolute Gasteiger partial charge is 0.303 e. The Hall–Kier alpha value is -1.06. The van der Waals surface area contributed by atoms with E-state index in [0.717, 1.165) is 0 Å². The maximum absolute atomic E-state index is 11.2. The van der Waals surface area contributed by atoms with Gasteiger partial charge in [0.1, 0.15) is 0 Å². The van der Waals surface area contributed by atoms with Crippen LogP contribution >= 0.6 is 0 Å². The lowest BCUT2D eigenvalue weighted by Crippen LogP contribution is -2.28. The third-order valence-corrected chi connectivity index (χ3v) is 2.59. The second-order valence-corrected chi connectivity index (χ2v) is 3.85. The van der Waals surface area contributed by atoms with Crippen molar-refractivity contribution in [2.24, 2.45) is 5.92 Å². The molecule has 1 fully saturated rings. The van der Waals surface area contributed by atoms with Crippen molar-refractivity contribution in [1.82, 2.24) is 5.32 Å². The van der Waals surface area contributed by atoms with Crippen molar-refractivity contribution in [1.29, 1.82) is 0 Å². The molecule has 0 aromatic rings. The number of carboxylic acid groups (broad SMARTS) is 1. The summed E-state index contributed by atoms with van der Waals surface area (Å²) in [5.74, 6) is -0.159. The number of hydrogen-bond donors (Lipinski definition) is 2. The first-order chi connectivity index (χ1) is 6.68. The highest BCUT2D eigenvalue weighted by Crippen LogP contribution is 2.28. The molecular weight excluding hydrogens is 182 g/mol. The molecule has 80 valence electrons. The molecule has 1 aliphatic carbocycles. The first-order valence-corrected chi connectivity index (χ1v) is 5.17. The van der Waals surface area contributed by atoms with Gasteiger partial charge in [0.25, 0.3) is 0 Å². The van der Waals surface area contributed by atoms with E-state index in [1.54, 1.807) is 0 Å². The second kappa shape index (κ2) is 5.62. The number of carboxylic acids is 1. The van der Waals surface area contributed by atoms with E-state index in [0.29, 0.717) is 25.3 Å². The van der Waals surface area contributed by atoms with Crippen LogP contribution in [0.3, 0.4) is 0 Å². The number of rotatable bonds is 6. The highest BCUT2D eigenvalue weighted by molar-refractivity contribution is 5.76. The number of hydrogen-bond acceptors (Lipinski definition) is 2. The second-order valence-electron chi connectivity index (χ2n) is 3.85. The van der Waals surface area contributed by atoms with Gasteiger partial charge >= 0.3 is 5.97 Å². The number of carbonyl (C=O) groups is 2. The quantitative estimate of drug-likeness (QED) is 0.631. The average molecular weight is 199 g/mol. The number of nitrogens with one attached hydrogen (secondary N) is 1. The summed E-state index contributed by atoms with van der Waals surface area (Å²) in [5, 5.41) is 11.1. The van der Waals surface area contributed by atoms with Crippen LogP contribution < -0.4 is 5.32 Å². The molecule has 1 amide bonds. The molecular formula is C10H17NO3. The Balaban J connectivity index is 1.94. The van der Waals surface area contributed by atoms with Crippen LogP contribution in [0.5, 0.6) is 0 Å². The third kappa shape index (κ3) is 4.25. The molecule has 0 aliphatic heterocycles. The lowest BCUT2D eigenvalue weighted by atomic mass is 9.83. The van der Waals surface area contributed by atoms with Crippen molar-refractivity contribution in [2.75, 3.05) is 6.54 Å². The van der Waals surface area contributed by atoms with Gasteiger partial charge in [-0.15, -0.1) is 0 Å². The maximum atomic E-state index is 11.2. The largest absolute Gasteiger partial charge is 0.481 e. The van der Waals surface area contributed by atoms with Crippen molar-refractivity contribution in [3.05, 3.63) is 0 Å². The zero-order valence-corrected chi connectivity index (χ0v) is 8.29. The first-order valence-electron chi connectivity index (χ1n) is 5.17. The molecule has 1 aliphatic rings. The van der Waals surface area contributed by atoms with Crippen molar-refractivity contribution in [2.45, 2.75) is 38.5 Å². The summed E-state index contributed by atoms with van der Waals surface area (Å²) in [5.41, 5.74) is 0. The van der Waals surface area contributed by atoms with Gasteiger partial charge in [-0.05, 0) is 25.2 Å². The van der Waals surface area contributed by atoms with Gasteiger partial charge in [-0.25, -0.2) is 0 Å². The van der Waals surface area contributed by atoms with Gasteiger partial charge < -0.3 is 10.4 Å². The minimum Gasteiger partial charge on any atom is -0.481 e. The van der Waals surface area contributed by atoms with Gasteiger partial charge in [0.15, 0.2) is 0 Å². The van der Waals surface area contributed by atoms with Gasteiger partial charge in [-0.3, -0.25) is 9.59 Å². The van der Waals surface area contributed by atoms with Crippen LogP contribution in [0.15, 0.2) is 0 Å². The van der Waals surface area contributed by atoms with E-state index in [4.69, 9.17) is 5.11 Å². The summed E-state index contributed by atoms with van der Waals surface area (Å²) in [6, 6.07) is 0. The van der Waals surface area contributed by atoms with Gasteiger partial charge in [0.05, 0.1) is 0 Å². The molecule has 1 rings (SSSR count). The van der Waals surface area contributed by atoms with E-state index in [9.17, 15) is 9.59 Å². The van der Waals surface area contributed by atoms with Crippen LogP contribution in [0.1, 0.15) is 38.5 Å². The van der Waals surface area contributed by atoms with Crippen molar-refractivity contribution in [3.8, 4) is 0 Å². The molecule has 0 bridgehead atoms. The van der Waals surface area contributed by atoms with Crippen LogP contribution in [-0.2, 0) is 9.59 Å². The fourth-order valence-corrected chi connectivity index (χ4v) is 1.50. The highest BCUT2D eigenvalue weighted by atomic mass is 16.4. The lowest BCUT2D eigenvalue weighted by Gasteiger charge is -2.24. The first kappa shape index (κ1) is 11.0. The zero-order valence-electron chi connectivity index (χ0n) is 8.29. The topological polar surface area (TPSA) is 66.4 Å². The molecule has 14 heavy (non-hydrogen) atoms. The molecule has 0 spiro atoms. The normalized spacial score (nSPS) is 16.0. The fraction of sp³-hybridized carbons (Fsp3) is 0.800. The molecule has 2 N–H and O–H groups in total. The monoisotopic (exact) mass is 199 g/mol. The highest BCUT2D eigenvalue weighted by Gasteiger charge is 2.20. The van der Waals surface area contributed by atoms with Crippen molar-refractivity contribution >= 4 is 11.9 Å². The van der Waals surface area contributed by atoms with Crippen molar-refractivity contribution in [3.63, 3.8) is 0 Å². The third-order valence-electron chi connectivity index (χ3n) is 2.59. The van der Waals surface area contributed by atoms with E-state index >= 15 is 0 Å². The minimum atomic E-state index is -0.807. The van der Waals surface area contributed by atoms with E-state index in [-0.39, 0.29) is 12.3 Å².